The van der Waals surface area contributed by atoms with Crippen LogP contribution < -0.4 is 10.6 Å². The van der Waals surface area contributed by atoms with Gasteiger partial charge >= 0.3 is 6.18 Å². The highest BCUT2D eigenvalue weighted by Crippen LogP contribution is 2.35. The average Bonchev–Trinajstić information content (AvgIpc) is 2.38. The largest absolute Gasteiger partial charge is 0.416 e. The molecule has 5 heteroatoms. The fourth-order valence-corrected chi connectivity index (χ4v) is 2.90. The van der Waals surface area contributed by atoms with Crippen molar-refractivity contribution in [2.24, 2.45) is 5.73 Å². The molecule has 0 atom stereocenters. The lowest BCUT2D eigenvalue weighted by Crippen LogP contribution is -2.27. The third kappa shape index (κ3) is 4.37. The molecule has 1 aromatic carbocycles. The van der Waals surface area contributed by atoms with Crippen molar-refractivity contribution in [3.8, 4) is 0 Å². The predicted octanol–water partition coefficient (Wildman–Crippen LogP) is 3.98. The molecule has 0 amide bonds. The minimum atomic E-state index is -4.32. The van der Waals surface area contributed by atoms with Crippen LogP contribution >= 0.6 is 0 Å². The molecular weight excluding hydrogens is 277 g/mol. The first-order valence-electron chi connectivity index (χ1n) is 7.67. The molecule has 1 fully saturated rings. The summed E-state index contributed by atoms with van der Waals surface area (Å²) in [4.78, 5) is 2.08. The summed E-state index contributed by atoms with van der Waals surface area (Å²) < 4.78 is 39.6. The van der Waals surface area contributed by atoms with Crippen molar-refractivity contribution >= 4 is 5.69 Å². The van der Waals surface area contributed by atoms with Crippen LogP contribution in [0.15, 0.2) is 18.2 Å². The van der Waals surface area contributed by atoms with Gasteiger partial charge in [0.15, 0.2) is 0 Å². The Morgan fingerprint density at radius 3 is 2.19 bits per heavy atom. The van der Waals surface area contributed by atoms with Crippen LogP contribution in [0.4, 0.5) is 18.9 Å². The SMILES string of the molecule is NCCc1ccc(N2CCCCCCC2)cc1C(F)(F)F. The number of rotatable bonds is 3. The van der Waals surface area contributed by atoms with Crippen molar-refractivity contribution in [2.75, 3.05) is 24.5 Å². The van der Waals surface area contributed by atoms with E-state index in [1.165, 1.54) is 12.5 Å². The van der Waals surface area contributed by atoms with Crippen LogP contribution in [0.25, 0.3) is 0 Å². The summed E-state index contributed by atoms with van der Waals surface area (Å²) in [7, 11) is 0. The molecule has 0 spiro atoms. The number of halogens is 3. The molecule has 118 valence electrons. The highest BCUT2D eigenvalue weighted by molar-refractivity contribution is 5.52. The molecule has 2 nitrogen and oxygen atoms in total. The summed E-state index contributed by atoms with van der Waals surface area (Å²) in [6.07, 6.45) is 1.59. The van der Waals surface area contributed by atoms with Crippen molar-refractivity contribution in [2.45, 2.75) is 44.7 Å². The summed E-state index contributed by atoms with van der Waals surface area (Å²) in [5, 5.41) is 0. The van der Waals surface area contributed by atoms with Crippen molar-refractivity contribution in [3.05, 3.63) is 29.3 Å². The Morgan fingerprint density at radius 1 is 1.00 bits per heavy atom. The normalized spacial score (nSPS) is 17.4. The molecule has 1 aromatic rings. The van der Waals surface area contributed by atoms with Gasteiger partial charge in [0.1, 0.15) is 0 Å². The molecule has 1 saturated heterocycles. The standard InChI is InChI=1S/C16H23F3N2/c17-16(18,19)15-12-14(7-6-13(15)8-9-20)21-10-4-2-1-3-5-11-21/h6-7,12H,1-5,8-11,20H2. The van der Waals surface area contributed by atoms with Gasteiger partial charge in [-0.3, -0.25) is 0 Å². The third-order valence-electron chi connectivity index (χ3n) is 4.03. The van der Waals surface area contributed by atoms with E-state index >= 15 is 0 Å². The van der Waals surface area contributed by atoms with E-state index in [1.54, 1.807) is 6.07 Å². The molecule has 2 N–H and O–H groups in total. The fourth-order valence-electron chi connectivity index (χ4n) is 2.90. The lowest BCUT2D eigenvalue weighted by molar-refractivity contribution is -0.138. The molecule has 21 heavy (non-hydrogen) atoms. The smallest absolute Gasteiger partial charge is 0.372 e. The topological polar surface area (TPSA) is 29.3 Å². The molecule has 0 aromatic heterocycles. The Bertz CT molecular complexity index is 449. The second kappa shape index (κ2) is 7.16. The minimum Gasteiger partial charge on any atom is -0.372 e. The van der Waals surface area contributed by atoms with Crippen LogP contribution in [0, 0.1) is 0 Å². The van der Waals surface area contributed by atoms with Crippen LogP contribution in [0.2, 0.25) is 0 Å². The van der Waals surface area contributed by atoms with E-state index in [0.29, 0.717) is 11.3 Å². The number of hydrogen-bond donors (Lipinski definition) is 1. The first-order chi connectivity index (χ1) is 10.0. The van der Waals surface area contributed by atoms with Crippen molar-refractivity contribution < 1.29 is 13.2 Å². The molecule has 0 bridgehead atoms. The number of alkyl halides is 3. The highest BCUT2D eigenvalue weighted by Gasteiger charge is 2.33. The van der Waals surface area contributed by atoms with Gasteiger partial charge in [-0.05, 0) is 43.5 Å². The van der Waals surface area contributed by atoms with Crippen molar-refractivity contribution in [3.63, 3.8) is 0 Å². The number of benzene rings is 1. The monoisotopic (exact) mass is 300 g/mol. The van der Waals surface area contributed by atoms with Crippen molar-refractivity contribution in [1.29, 1.82) is 0 Å². The van der Waals surface area contributed by atoms with Gasteiger partial charge in [-0.1, -0.05) is 25.3 Å². The molecule has 1 aliphatic heterocycles. The number of nitrogens with two attached hydrogens (primary N) is 1. The maximum absolute atomic E-state index is 13.2. The summed E-state index contributed by atoms with van der Waals surface area (Å²) in [5.74, 6) is 0. The van der Waals surface area contributed by atoms with Gasteiger partial charge in [-0.15, -0.1) is 0 Å². The molecule has 1 heterocycles. The van der Waals surface area contributed by atoms with Gasteiger partial charge in [0, 0.05) is 18.8 Å². The summed E-state index contributed by atoms with van der Waals surface area (Å²) >= 11 is 0. The Hall–Kier alpha value is -1.23. The summed E-state index contributed by atoms with van der Waals surface area (Å²) in [6, 6.07) is 4.69. The minimum absolute atomic E-state index is 0.228. The van der Waals surface area contributed by atoms with E-state index in [2.05, 4.69) is 4.90 Å². The zero-order chi connectivity index (χ0) is 15.3. The first kappa shape index (κ1) is 16.1. The molecule has 0 aliphatic carbocycles. The lowest BCUT2D eigenvalue weighted by Gasteiger charge is -2.28. The van der Waals surface area contributed by atoms with Crippen LogP contribution in [0.3, 0.4) is 0 Å². The zero-order valence-electron chi connectivity index (χ0n) is 12.3. The summed E-state index contributed by atoms with van der Waals surface area (Å²) in [5.41, 5.74) is 5.86. The van der Waals surface area contributed by atoms with E-state index in [-0.39, 0.29) is 13.0 Å². The van der Waals surface area contributed by atoms with Crippen molar-refractivity contribution in [1.82, 2.24) is 0 Å². The quantitative estimate of drug-likeness (QED) is 0.915. The maximum Gasteiger partial charge on any atom is 0.416 e. The number of nitrogens with zero attached hydrogens (tertiary/aromatic N) is 1. The Labute approximate surface area is 124 Å². The van der Waals surface area contributed by atoms with Crippen LogP contribution in [-0.2, 0) is 12.6 Å². The van der Waals surface area contributed by atoms with Gasteiger partial charge < -0.3 is 10.6 Å². The van der Waals surface area contributed by atoms with Gasteiger partial charge in [0.2, 0.25) is 0 Å². The Kier molecular flexibility index (Phi) is 5.51. The Morgan fingerprint density at radius 2 is 1.62 bits per heavy atom. The Balaban J connectivity index is 2.27. The molecule has 2 rings (SSSR count). The maximum atomic E-state index is 13.2. The van der Waals surface area contributed by atoms with Crippen LogP contribution in [-0.4, -0.2) is 19.6 Å². The van der Waals surface area contributed by atoms with Gasteiger partial charge in [0.05, 0.1) is 5.56 Å². The molecule has 0 radical (unpaired) electrons. The molecule has 1 aliphatic rings. The van der Waals surface area contributed by atoms with Gasteiger partial charge in [0.25, 0.3) is 0 Å². The highest BCUT2D eigenvalue weighted by atomic mass is 19.4. The number of anilines is 1. The predicted molar refractivity (Wildman–Crippen MR) is 79.5 cm³/mol. The van der Waals surface area contributed by atoms with E-state index in [0.717, 1.165) is 38.8 Å². The molecular formula is C16H23F3N2. The molecule has 0 unspecified atom stereocenters. The third-order valence-corrected chi connectivity index (χ3v) is 4.03. The van der Waals surface area contributed by atoms with E-state index < -0.39 is 11.7 Å². The lowest BCUT2D eigenvalue weighted by atomic mass is 10.0. The second-order valence-corrected chi connectivity index (χ2v) is 5.63. The fraction of sp³-hybridized carbons (Fsp3) is 0.625. The summed E-state index contributed by atoms with van der Waals surface area (Å²) in [6.45, 7) is 1.91. The molecule has 0 saturated carbocycles. The second-order valence-electron chi connectivity index (χ2n) is 5.63. The van der Waals surface area contributed by atoms with Crippen LogP contribution in [0.5, 0.6) is 0 Å². The number of hydrogen-bond acceptors (Lipinski definition) is 2. The zero-order valence-corrected chi connectivity index (χ0v) is 12.3. The average molecular weight is 300 g/mol. The van der Waals surface area contributed by atoms with Gasteiger partial charge in [-0.2, -0.15) is 13.2 Å². The van der Waals surface area contributed by atoms with E-state index in [9.17, 15) is 13.2 Å². The van der Waals surface area contributed by atoms with Gasteiger partial charge in [-0.25, -0.2) is 0 Å². The van der Waals surface area contributed by atoms with Crippen LogP contribution in [0.1, 0.15) is 43.2 Å². The van der Waals surface area contributed by atoms with E-state index in [4.69, 9.17) is 5.73 Å². The van der Waals surface area contributed by atoms with E-state index in [1.807, 2.05) is 6.07 Å². The first-order valence-corrected chi connectivity index (χ1v) is 7.67.